The highest BCUT2D eigenvalue weighted by Gasteiger charge is 2.20. The number of benzene rings is 1. The predicted octanol–water partition coefficient (Wildman–Crippen LogP) is 2.87. The molecule has 2 aromatic heterocycles. The molecular formula is C16H17N5OS. The molecule has 0 amide bonds. The monoisotopic (exact) mass is 327 g/mol. The van der Waals surface area contributed by atoms with Crippen molar-refractivity contribution in [3.05, 3.63) is 42.1 Å². The van der Waals surface area contributed by atoms with E-state index in [9.17, 15) is 0 Å². The van der Waals surface area contributed by atoms with Crippen molar-refractivity contribution < 1.29 is 4.74 Å². The summed E-state index contributed by atoms with van der Waals surface area (Å²) in [4.78, 5) is 4.51. The van der Waals surface area contributed by atoms with Gasteiger partial charge >= 0.3 is 0 Å². The predicted molar refractivity (Wildman–Crippen MR) is 88.2 cm³/mol. The largest absolute Gasteiger partial charge is 0.381 e. The molecule has 0 N–H and O–H groups in total. The van der Waals surface area contributed by atoms with E-state index in [1.165, 1.54) is 5.56 Å². The Morgan fingerprint density at radius 3 is 2.96 bits per heavy atom. The first kappa shape index (κ1) is 14.6. The van der Waals surface area contributed by atoms with Crippen LogP contribution in [0.25, 0.3) is 10.9 Å². The maximum Gasteiger partial charge on any atom is 0.209 e. The lowest BCUT2D eigenvalue weighted by Crippen LogP contribution is -2.21. The third-order valence-electron chi connectivity index (χ3n) is 4.07. The summed E-state index contributed by atoms with van der Waals surface area (Å²) in [6.45, 7) is 1.56. The Kier molecular flexibility index (Phi) is 4.21. The maximum atomic E-state index is 5.42. The molecular weight excluding hydrogens is 310 g/mol. The smallest absolute Gasteiger partial charge is 0.209 e. The van der Waals surface area contributed by atoms with Crippen molar-refractivity contribution in [2.75, 3.05) is 13.2 Å². The molecule has 7 heteroatoms. The molecule has 1 aliphatic rings. The number of nitrogens with zero attached hydrogens (tertiary/aromatic N) is 5. The van der Waals surface area contributed by atoms with E-state index in [1.54, 1.807) is 11.8 Å². The Morgan fingerprint density at radius 2 is 2.04 bits per heavy atom. The summed E-state index contributed by atoms with van der Waals surface area (Å²) in [6.07, 6.45) is 3.77. The lowest BCUT2D eigenvalue weighted by Gasteiger charge is -2.22. The molecule has 0 atom stereocenters. The van der Waals surface area contributed by atoms with Crippen LogP contribution in [-0.2, 0) is 10.5 Å². The molecule has 3 heterocycles. The van der Waals surface area contributed by atoms with Crippen LogP contribution in [0.2, 0.25) is 0 Å². The fraction of sp³-hybridized carbons (Fsp3) is 0.375. The average Bonchev–Trinajstić information content (AvgIpc) is 3.09. The van der Waals surface area contributed by atoms with Crippen molar-refractivity contribution in [3.63, 3.8) is 0 Å². The van der Waals surface area contributed by atoms with E-state index in [2.05, 4.69) is 44.8 Å². The molecule has 3 aromatic rings. The minimum absolute atomic E-state index is 0.340. The van der Waals surface area contributed by atoms with Crippen molar-refractivity contribution in [2.24, 2.45) is 0 Å². The number of aromatic nitrogens is 5. The maximum absolute atomic E-state index is 5.42. The van der Waals surface area contributed by atoms with Gasteiger partial charge in [-0.1, -0.05) is 36.0 Å². The number of ether oxygens (including phenoxy) is 1. The summed E-state index contributed by atoms with van der Waals surface area (Å²) in [7, 11) is 0. The number of hydrogen-bond donors (Lipinski definition) is 0. The van der Waals surface area contributed by atoms with Crippen LogP contribution in [0, 0.1) is 0 Å². The van der Waals surface area contributed by atoms with Gasteiger partial charge in [-0.3, -0.25) is 4.98 Å². The average molecular weight is 327 g/mol. The molecule has 6 nitrogen and oxygen atoms in total. The van der Waals surface area contributed by atoms with E-state index in [1.807, 2.05) is 16.9 Å². The Labute approximate surface area is 138 Å². The van der Waals surface area contributed by atoms with Crippen LogP contribution in [-0.4, -0.2) is 38.4 Å². The molecule has 1 saturated heterocycles. The lowest BCUT2D eigenvalue weighted by atomic mass is 10.1. The first-order valence-corrected chi connectivity index (χ1v) is 8.71. The highest BCUT2D eigenvalue weighted by atomic mass is 32.2. The van der Waals surface area contributed by atoms with Gasteiger partial charge in [0.15, 0.2) is 0 Å². The number of pyridine rings is 1. The number of para-hydroxylation sites is 1. The van der Waals surface area contributed by atoms with Gasteiger partial charge in [-0.15, -0.1) is 5.10 Å². The van der Waals surface area contributed by atoms with E-state index < -0.39 is 0 Å². The summed E-state index contributed by atoms with van der Waals surface area (Å²) in [5.41, 5.74) is 2.25. The van der Waals surface area contributed by atoms with E-state index in [0.29, 0.717) is 6.04 Å². The molecule has 0 aliphatic carbocycles. The standard InChI is InChI=1S/C16H17N5OS/c1-3-12-5-2-8-17-15(12)13(4-1)11-23-16-18-19-20-21(16)14-6-9-22-10-7-14/h1-5,8,14H,6-7,9-11H2. The van der Waals surface area contributed by atoms with E-state index >= 15 is 0 Å². The molecule has 1 aliphatic heterocycles. The van der Waals surface area contributed by atoms with Gasteiger partial charge in [-0.05, 0) is 34.9 Å². The van der Waals surface area contributed by atoms with Gasteiger partial charge in [0.1, 0.15) is 0 Å². The van der Waals surface area contributed by atoms with Gasteiger partial charge in [0.2, 0.25) is 5.16 Å². The first-order chi connectivity index (χ1) is 11.4. The van der Waals surface area contributed by atoms with Gasteiger partial charge in [-0.25, -0.2) is 4.68 Å². The normalized spacial score (nSPS) is 16.0. The lowest BCUT2D eigenvalue weighted by molar-refractivity contribution is 0.0631. The molecule has 0 saturated carbocycles. The molecule has 0 radical (unpaired) electrons. The van der Waals surface area contributed by atoms with Crippen molar-refractivity contribution in [2.45, 2.75) is 29.8 Å². The van der Waals surface area contributed by atoms with Crippen molar-refractivity contribution in [3.8, 4) is 0 Å². The fourth-order valence-electron chi connectivity index (χ4n) is 2.87. The second-order valence-electron chi connectivity index (χ2n) is 5.53. The minimum atomic E-state index is 0.340. The second kappa shape index (κ2) is 6.64. The number of thioether (sulfide) groups is 1. The van der Waals surface area contributed by atoms with Gasteiger partial charge in [-0.2, -0.15) is 0 Å². The first-order valence-electron chi connectivity index (χ1n) is 7.73. The van der Waals surface area contributed by atoms with Crippen molar-refractivity contribution >= 4 is 22.7 Å². The quantitative estimate of drug-likeness (QED) is 0.687. The molecule has 118 valence electrons. The van der Waals surface area contributed by atoms with Crippen LogP contribution >= 0.6 is 11.8 Å². The van der Waals surface area contributed by atoms with Gasteiger partial charge < -0.3 is 4.74 Å². The zero-order chi connectivity index (χ0) is 15.5. The van der Waals surface area contributed by atoms with E-state index in [-0.39, 0.29) is 0 Å². The molecule has 23 heavy (non-hydrogen) atoms. The number of rotatable bonds is 4. The van der Waals surface area contributed by atoms with Crippen LogP contribution < -0.4 is 0 Å². The third-order valence-corrected chi connectivity index (χ3v) is 5.05. The van der Waals surface area contributed by atoms with Crippen LogP contribution in [0.4, 0.5) is 0 Å². The van der Waals surface area contributed by atoms with Crippen LogP contribution in [0.5, 0.6) is 0 Å². The SMILES string of the molecule is c1cnc2c(CSc3nnnn3C3CCOCC3)cccc2c1. The number of fused-ring (bicyclic) bond motifs is 1. The Balaban J connectivity index is 1.54. The topological polar surface area (TPSA) is 65.7 Å². The highest BCUT2D eigenvalue weighted by molar-refractivity contribution is 7.98. The van der Waals surface area contributed by atoms with Crippen molar-refractivity contribution in [1.82, 2.24) is 25.2 Å². The third kappa shape index (κ3) is 3.07. The summed E-state index contributed by atoms with van der Waals surface area (Å²) >= 11 is 1.66. The Hall–Kier alpha value is -1.99. The second-order valence-corrected chi connectivity index (χ2v) is 6.47. The molecule has 0 unspecified atom stereocenters. The van der Waals surface area contributed by atoms with E-state index in [4.69, 9.17) is 4.74 Å². The van der Waals surface area contributed by atoms with Gasteiger partial charge in [0.05, 0.1) is 11.6 Å². The van der Waals surface area contributed by atoms with Crippen molar-refractivity contribution in [1.29, 1.82) is 0 Å². The van der Waals surface area contributed by atoms with Crippen LogP contribution in [0.3, 0.4) is 0 Å². The molecule has 1 aromatic carbocycles. The summed E-state index contributed by atoms with van der Waals surface area (Å²) < 4.78 is 7.37. The number of tetrazole rings is 1. The summed E-state index contributed by atoms with van der Waals surface area (Å²) in [5.74, 6) is 0.804. The molecule has 0 spiro atoms. The Morgan fingerprint density at radius 1 is 1.17 bits per heavy atom. The fourth-order valence-corrected chi connectivity index (χ4v) is 3.80. The molecule has 4 rings (SSSR count). The zero-order valence-electron chi connectivity index (χ0n) is 12.6. The van der Waals surface area contributed by atoms with Gasteiger partial charge in [0.25, 0.3) is 0 Å². The summed E-state index contributed by atoms with van der Waals surface area (Å²) in [5, 5.41) is 14.3. The summed E-state index contributed by atoms with van der Waals surface area (Å²) in [6, 6.07) is 10.7. The van der Waals surface area contributed by atoms with Crippen LogP contribution in [0.15, 0.2) is 41.7 Å². The highest BCUT2D eigenvalue weighted by Crippen LogP contribution is 2.28. The van der Waals surface area contributed by atoms with E-state index in [0.717, 1.165) is 47.9 Å². The minimum Gasteiger partial charge on any atom is -0.381 e. The zero-order valence-corrected chi connectivity index (χ0v) is 13.4. The Bertz CT molecular complexity index is 795. The van der Waals surface area contributed by atoms with Gasteiger partial charge in [0, 0.05) is 30.5 Å². The van der Waals surface area contributed by atoms with Crippen LogP contribution in [0.1, 0.15) is 24.4 Å². The molecule has 1 fully saturated rings. The molecule has 0 bridgehead atoms. The number of hydrogen-bond acceptors (Lipinski definition) is 6.